The highest BCUT2D eigenvalue weighted by Crippen LogP contribution is 2.37. The van der Waals surface area contributed by atoms with Crippen molar-refractivity contribution in [2.75, 3.05) is 0 Å². The lowest BCUT2D eigenvalue weighted by Gasteiger charge is -2.22. The zero-order chi connectivity index (χ0) is 36.6. The van der Waals surface area contributed by atoms with E-state index >= 15 is 0 Å². The van der Waals surface area contributed by atoms with Crippen LogP contribution in [0.3, 0.4) is 0 Å². The molecule has 0 bridgehead atoms. The summed E-state index contributed by atoms with van der Waals surface area (Å²) in [5.41, 5.74) is 13.5. The molecule has 0 unspecified atom stereocenters. The van der Waals surface area contributed by atoms with Crippen LogP contribution in [-0.2, 0) is 0 Å². The molecular weight excluding hydrogens is 687 g/mol. The smallest absolute Gasteiger partial charge is 0.164 e. The summed E-state index contributed by atoms with van der Waals surface area (Å²) in [5, 5.41) is 5.78. The summed E-state index contributed by atoms with van der Waals surface area (Å²) in [5.74, 6) is 2.15. The van der Waals surface area contributed by atoms with E-state index in [-0.39, 0.29) is 0 Å². The van der Waals surface area contributed by atoms with Crippen molar-refractivity contribution in [3.05, 3.63) is 164 Å². The largest absolute Gasteiger partial charge is 0.208 e. The molecule has 5 heteroatoms. The Labute approximate surface area is 319 Å². The molecule has 0 fully saturated rings. The SMILES string of the molecule is C[Si]1(C)c2ccc(-c3ccccc3)cc2-c2ccc(-c3nc(-c4ccccc4)nc(-c4cccc5c4[Si](C)(C)c4cc(-c6ccccc6)ccc4-5)n3)cc21. The van der Waals surface area contributed by atoms with E-state index in [4.69, 9.17) is 15.0 Å². The quantitative estimate of drug-likeness (QED) is 0.166. The summed E-state index contributed by atoms with van der Waals surface area (Å²) in [7, 11) is -4.15. The number of hydrogen-bond acceptors (Lipinski definition) is 3. The van der Waals surface area contributed by atoms with Gasteiger partial charge in [0.1, 0.15) is 16.1 Å². The van der Waals surface area contributed by atoms with Gasteiger partial charge >= 0.3 is 0 Å². The highest BCUT2D eigenvalue weighted by atomic mass is 28.3. The van der Waals surface area contributed by atoms with Crippen molar-refractivity contribution in [2.24, 2.45) is 0 Å². The highest BCUT2D eigenvalue weighted by Gasteiger charge is 2.41. The summed E-state index contributed by atoms with van der Waals surface area (Å²) in [6.07, 6.45) is 0. The van der Waals surface area contributed by atoms with Gasteiger partial charge < -0.3 is 0 Å². The Bertz CT molecular complexity index is 2760. The minimum atomic E-state index is -2.16. The van der Waals surface area contributed by atoms with Gasteiger partial charge in [-0.1, -0.05) is 184 Å². The van der Waals surface area contributed by atoms with Crippen LogP contribution in [0.4, 0.5) is 0 Å². The third-order valence-corrected chi connectivity index (χ3v) is 18.8. The molecule has 2 aliphatic heterocycles. The lowest BCUT2D eigenvalue weighted by Crippen LogP contribution is -2.50. The predicted octanol–water partition coefficient (Wildman–Crippen LogP) is 9.81. The van der Waals surface area contributed by atoms with Crippen molar-refractivity contribution >= 4 is 36.9 Å². The normalized spacial score (nSPS) is 14.2. The first kappa shape index (κ1) is 32.6. The first-order valence-corrected chi connectivity index (χ1v) is 24.8. The Hall–Kier alpha value is -6.02. The van der Waals surface area contributed by atoms with Crippen molar-refractivity contribution in [1.29, 1.82) is 0 Å². The molecular formula is C49H39N3Si2. The summed E-state index contributed by atoms with van der Waals surface area (Å²) in [4.78, 5) is 15.8. The monoisotopic (exact) mass is 725 g/mol. The molecule has 3 heterocycles. The van der Waals surface area contributed by atoms with Crippen LogP contribution in [-0.4, -0.2) is 31.1 Å². The molecule has 0 saturated heterocycles. The minimum Gasteiger partial charge on any atom is -0.208 e. The van der Waals surface area contributed by atoms with Gasteiger partial charge in [0.2, 0.25) is 0 Å². The number of rotatable bonds is 5. The van der Waals surface area contributed by atoms with Gasteiger partial charge in [-0.15, -0.1) is 0 Å². The molecule has 1 aromatic heterocycles. The molecule has 0 aliphatic carbocycles. The molecule has 0 amide bonds. The van der Waals surface area contributed by atoms with Crippen LogP contribution in [0.2, 0.25) is 26.2 Å². The number of fused-ring (bicyclic) bond motifs is 6. The van der Waals surface area contributed by atoms with E-state index in [9.17, 15) is 0 Å². The van der Waals surface area contributed by atoms with E-state index in [0.29, 0.717) is 11.6 Å². The molecule has 0 saturated carbocycles. The van der Waals surface area contributed by atoms with Crippen LogP contribution in [0, 0.1) is 0 Å². The number of benzene rings is 7. The maximum Gasteiger partial charge on any atom is 0.164 e. The van der Waals surface area contributed by atoms with Gasteiger partial charge in [-0.3, -0.25) is 0 Å². The van der Waals surface area contributed by atoms with Gasteiger partial charge in [-0.05, 0) is 71.3 Å². The lowest BCUT2D eigenvalue weighted by molar-refractivity contribution is 1.08. The molecule has 3 nitrogen and oxygen atoms in total. The lowest BCUT2D eigenvalue weighted by atomic mass is 9.98. The molecule has 258 valence electrons. The molecule has 0 spiro atoms. The van der Waals surface area contributed by atoms with Crippen molar-refractivity contribution in [3.8, 4) is 78.7 Å². The number of hydrogen-bond donors (Lipinski definition) is 0. The van der Waals surface area contributed by atoms with Crippen molar-refractivity contribution < 1.29 is 0 Å². The van der Waals surface area contributed by atoms with Crippen molar-refractivity contribution in [2.45, 2.75) is 26.2 Å². The van der Waals surface area contributed by atoms with Gasteiger partial charge in [0.15, 0.2) is 17.5 Å². The molecule has 0 radical (unpaired) electrons. The second-order valence-corrected chi connectivity index (χ2v) is 24.3. The molecule has 54 heavy (non-hydrogen) atoms. The zero-order valence-corrected chi connectivity index (χ0v) is 32.9. The second-order valence-electron chi connectivity index (χ2n) is 15.7. The maximum atomic E-state index is 5.36. The van der Waals surface area contributed by atoms with Gasteiger partial charge in [-0.2, -0.15) is 0 Å². The topological polar surface area (TPSA) is 38.7 Å². The van der Waals surface area contributed by atoms with Crippen LogP contribution in [0.1, 0.15) is 0 Å². The van der Waals surface area contributed by atoms with E-state index in [1.807, 2.05) is 6.07 Å². The molecule has 0 atom stereocenters. The Kier molecular flexibility index (Phi) is 7.41. The fourth-order valence-electron chi connectivity index (χ4n) is 8.92. The molecule has 2 aliphatic rings. The van der Waals surface area contributed by atoms with Gasteiger partial charge in [0.05, 0.1) is 0 Å². The summed E-state index contributed by atoms with van der Waals surface area (Å²) in [6, 6.07) is 59.4. The standard InChI is InChI=1S/C49H39N3Si2/c1-53(2)43-28-25-35(32-15-8-5-9-16-32)29-42(43)39-27-24-37(31-44(39)53)48-50-47(34-19-12-7-13-20-34)51-49(52-48)41-22-14-21-40-38-26-23-36(33-17-10-6-11-18-33)30-45(38)54(3,4)46(40)41/h5-31H,1-4H3. The van der Waals surface area contributed by atoms with E-state index < -0.39 is 16.1 Å². The molecule has 0 N–H and O–H groups in total. The Morgan fingerprint density at radius 1 is 0.296 bits per heavy atom. The van der Waals surface area contributed by atoms with Gasteiger partial charge in [0, 0.05) is 16.7 Å². The predicted molar refractivity (Wildman–Crippen MR) is 231 cm³/mol. The van der Waals surface area contributed by atoms with Crippen LogP contribution >= 0.6 is 0 Å². The minimum absolute atomic E-state index is 0.697. The second kappa shape index (κ2) is 12.3. The Morgan fingerprint density at radius 2 is 0.778 bits per heavy atom. The van der Waals surface area contributed by atoms with Gasteiger partial charge in [0.25, 0.3) is 0 Å². The summed E-state index contributed by atoms with van der Waals surface area (Å²) >= 11 is 0. The average molecular weight is 726 g/mol. The fourth-order valence-corrected chi connectivity index (χ4v) is 15.4. The van der Waals surface area contributed by atoms with Crippen molar-refractivity contribution in [3.63, 3.8) is 0 Å². The zero-order valence-electron chi connectivity index (χ0n) is 30.9. The van der Waals surface area contributed by atoms with E-state index in [1.165, 1.54) is 65.3 Å². The third-order valence-electron chi connectivity index (χ3n) is 11.7. The van der Waals surface area contributed by atoms with E-state index in [2.05, 4.69) is 184 Å². The average Bonchev–Trinajstić information content (AvgIpc) is 3.60. The molecule has 8 aromatic rings. The van der Waals surface area contributed by atoms with Crippen LogP contribution in [0.15, 0.2) is 164 Å². The first-order chi connectivity index (χ1) is 26.3. The van der Waals surface area contributed by atoms with Crippen molar-refractivity contribution in [1.82, 2.24) is 15.0 Å². The fraction of sp³-hybridized carbons (Fsp3) is 0.0816. The number of nitrogens with zero attached hydrogens (tertiary/aromatic N) is 3. The van der Waals surface area contributed by atoms with Gasteiger partial charge in [-0.25, -0.2) is 15.0 Å². The molecule has 7 aromatic carbocycles. The van der Waals surface area contributed by atoms with Crippen LogP contribution in [0.5, 0.6) is 0 Å². The Balaban J connectivity index is 1.12. The Morgan fingerprint density at radius 3 is 1.44 bits per heavy atom. The highest BCUT2D eigenvalue weighted by molar-refractivity contribution is 7.05. The number of aromatic nitrogens is 3. The van der Waals surface area contributed by atoms with E-state index in [0.717, 1.165) is 22.5 Å². The van der Waals surface area contributed by atoms with Crippen LogP contribution in [0.25, 0.3) is 78.7 Å². The summed E-state index contributed by atoms with van der Waals surface area (Å²) in [6.45, 7) is 9.89. The third kappa shape index (κ3) is 5.11. The van der Waals surface area contributed by atoms with Crippen LogP contribution < -0.4 is 20.7 Å². The molecule has 10 rings (SSSR count). The van der Waals surface area contributed by atoms with E-state index in [1.54, 1.807) is 0 Å². The summed E-state index contributed by atoms with van der Waals surface area (Å²) < 4.78 is 0. The first-order valence-electron chi connectivity index (χ1n) is 18.8. The maximum absolute atomic E-state index is 5.36.